The Hall–Kier alpha value is -1.39. The first-order chi connectivity index (χ1) is 11.8. The first kappa shape index (κ1) is 16.1. The third-order valence-electron chi connectivity index (χ3n) is 5.70. The maximum atomic E-state index is 13.2. The van der Waals surface area contributed by atoms with Crippen LogP contribution in [0.4, 0.5) is 0 Å². The van der Waals surface area contributed by atoms with Gasteiger partial charge in [0.05, 0.1) is 0 Å². The number of hydrogen-bond donors (Lipinski definition) is 1. The molecule has 3 aliphatic rings. The summed E-state index contributed by atoms with van der Waals surface area (Å²) in [6.07, 6.45) is 6.63. The van der Waals surface area contributed by atoms with Gasteiger partial charge in [0.1, 0.15) is 0 Å². The number of rotatable bonds is 4. The highest BCUT2D eigenvalue weighted by Gasteiger charge is 2.38. The molecule has 2 saturated heterocycles. The van der Waals surface area contributed by atoms with E-state index in [4.69, 9.17) is 4.74 Å². The molecule has 4 rings (SSSR count). The van der Waals surface area contributed by atoms with Crippen LogP contribution in [-0.4, -0.2) is 49.2 Å². The normalized spacial score (nSPS) is 23.2. The Labute approximate surface area is 144 Å². The van der Waals surface area contributed by atoms with Crippen LogP contribution in [0, 0.1) is 0 Å². The van der Waals surface area contributed by atoms with E-state index in [2.05, 4.69) is 28.4 Å². The minimum absolute atomic E-state index is 0.236. The van der Waals surface area contributed by atoms with Crippen molar-refractivity contribution in [2.45, 2.75) is 56.5 Å². The van der Waals surface area contributed by atoms with E-state index >= 15 is 0 Å². The fourth-order valence-electron chi connectivity index (χ4n) is 4.18. The first-order valence-electron chi connectivity index (χ1n) is 9.54. The molecule has 1 aromatic rings. The predicted octanol–water partition coefficient (Wildman–Crippen LogP) is 2.94. The van der Waals surface area contributed by atoms with E-state index in [1.165, 1.54) is 18.4 Å². The lowest BCUT2D eigenvalue weighted by Gasteiger charge is -2.35. The van der Waals surface area contributed by atoms with Crippen molar-refractivity contribution in [3.05, 3.63) is 35.4 Å². The molecule has 0 aromatic heterocycles. The van der Waals surface area contributed by atoms with Gasteiger partial charge in [-0.05, 0) is 75.2 Å². The number of benzene rings is 1. The lowest BCUT2D eigenvalue weighted by molar-refractivity contribution is 0.0267. The number of carbonyl (C=O) groups is 1. The molecule has 4 heteroatoms. The van der Waals surface area contributed by atoms with Crippen molar-refractivity contribution in [1.29, 1.82) is 0 Å². The van der Waals surface area contributed by atoms with Crippen LogP contribution in [0.5, 0.6) is 0 Å². The molecule has 0 atom stereocenters. The Morgan fingerprint density at radius 3 is 2.42 bits per heavy atom. The number of hydrogen-bond acceptors (Lipinski definition) is 3. The summed E-state index contributed by atoms with van der Waals surface area (Å²) in [4.78, 5) is 15.4. The van der Waals surface area contributed by atoms with Crippen LogP contribution in [-0.2, 0) is 4.74 Å². The van der Waals surface area contributed by atoms with E-state index in [1.807, 2.05) is 6.07 Å². The van der Waals surface area contributed by atoms with Gasteiger partial charge in [-0.15, -0.1) is 0 Å². The molecule has 4 nitrogen and oxygen atoms in total. The van der Waals surface area contributed by atoms with Gasteiger partial charge in [0.2, 0.25) is 0 Å². The fraction of sp³-hybridized carbons (Fsp3) is 0.650. The zero-order valence-electron chi connectivity index (χ0n) is 14.4. The second kappa shape index (κ2) is 7.24. The van der Waals surface area contributed by atoms with E-state index in [9.17, 15) is 4.79 Å². The van der Waals surface area contributed by atoms with Crippen molar-refractivity contribution in [3.63, 3.8) is 0 Å². The monoisotopic (exact) mass is 328 g/mol. The summed E-state index contributed by atoms with van der Waals surface area (Å²) in [7, 11) is 0. The summed E-state index contributed by atoms with van der Waals surface area (Å²) in [5, 5.41) is 3.42. The van der Waals surface area contributed by atoms with Crippen LogP contribution in [0.1, 0.15) is 60.4 Å². The van der Waals surface area contributed by atoms with E-state index in [0.717, 1.165) is 57.6 Å². The minimum atomic E-state index is 0.236. The van der Waals surface area contributed by atoms with Crippen LogP contribution in [0.25, 0.3) is 0 Å². The molecular formula is C20H28N2O2. The number of carbonyl (C=O) groups excluding carboxylic acids is 1. The molecule has 0 unspecified atom stereocenters. The molecule has 0 spiro atoms. The molecule has 3 fully saturated rings. The zero-order valence-corrected chi connectivity index (χ0v) is 14.4. The first-order valence-corrected chi connectivity index (χ1v) is 9.54. The predicted molar refractivity (Wildman–Crippen MR) is 94.3 cm³/mol. The summed E-state index contributed by atoms with van der Waals surface area (Å²) in [6, 6.07) is 9.25. The van der Waals surface area contributed by atoms with Crippen molar-refractivity contribution >= 4 is 5.91 Å². The number of amides is 1. The van der Waals surface area contributed by atoms with Gasteiger partial charge in [0.25, 0.3) is 5.91 Å². The van der Waals surface area contributed by atoms with Crippen LogP contribution in [0.15, 0.2) is 24.3 Å². The molecule has 0 radical (unpaired) electrons. The van der Waals surface area contributed by atoms with Gasteiger partial charge < -0.3 is 15.0 Å². The average molecular weight is 328 g/mol. The maximum Gasteiger partial charge on any atom is 0.254 e. The average Bonchev–Trinajstić information content (AvgIpc) is 3.49. The number of piperidine rings is 1. The van der Waals surface area contributed by atoms with Gasteiger partial charge in [-0.3, -0.25) is 4.79 Å². The molecule has 1 N–H and O–H groups in total. The SMILES string of the molecule is O=C(c1cccc(C2CCNCC2)c1)N(C1CCOCC1)C1CC1. The highest BCUT2D eigenvalue weighted by molar-refractivity contribution is 5.95. The third-order valence-corrected chi connectivity index (χ3v) is 5.70. The molecule has 1 amide bonds. The van der Waals surface area contributed by atoms with Crippen molar-refractivity contribution in [2.24, 2.45) is 0 Å². The molecule has 24 heavy (non-hydrogen) atoms. The molecule has 130 valence electrons. The molecule has 2 heterocycles. The van der Waals surface area contributed by atoms with Gasteiger partial charge >= 0.3 is 0 Å². The van der Waals surface area contributed by atoms with Crippen LogP contribution < -0.4 is 5.32 Å². The van der Waals surface area contributed by atoms with E-state index in [-0.39, 0.29) is 5.91 Å². The highest BCUT2D eigenvalue weighted by Crippen LogP contribution is 2.33. The Kier molecular flexibility index (Phi) is 4.86. The molecule has 2 aliphatic heterocycles. The van der Waals surface area contributed by atoms with E-state index in [0.29, 0.717) is 18.0 Å². The summed E-state index contributed by atoms with van der Waals surface area (Å²) in [5.74, 6) is 0.830. The smallest absolute Gasteiger partial charge is 0.254 e. The molecule has 1 aliphatic carbocycles. The fourth-order valence-corrected chi connectivity index (χ4v) is 4.18. The molecule has 1 saturated carbocycles. The Bertz CT molecular complexity index is 573. The zero-order chi connectivity index (χ0) is 16.4. The van der Waals surface area contributed by atoms with Gasteiger partial charge in [0.15, 0.2) is 0 Å². The summed E-state index contributed by atoms with van der Waals surface area (Å²) in [6.45, 7) is 3.74. The van der Waals surface area contributed by atoms with E-state index in [1.54, 1.807) is 0 Å². The van der Waals surface area contributed by atoms with Gasteiger partial charge in [-0.2, -0.15) is 0 Å². The minimum Gasteiger partial charge on any atom is -0.381 e. The van der Waals surface area contributed by atoms with Crippen molar-refractivity contribution < 1.29 is 9.53 Å². The van der Waals surface area contributed by atoms with Crippen molar-refractivity contribution in [2.75, 3.05) is 26.3 Å². The Balaban J connectivity index is 1.53. The maximum absolute atomic E-state index is 13.2. The third kappa shape index (κ3) is 3.50. The summed E-state index contributed by atoms with van der Waals surface area (Å²) in [5.41, 5.74) is 2.22. The van der Waals surface area contributed by atoms with Crippen LogP contribution in [0.2, 0.25) is 0 Å². The lowest BCUT2D eigenvalue weighted by atomic mass is 9.89. The number of ether oxygens (including phenoxy) is 1. The summed E-state index contributed by atoms with van der Waals surface area (Å²) < 4.78 is 5.49. The lowest BCUT2D eigenvalue weighted by Crippen LogP contribution is -2.44. The molecule has 0 bridgehead atoms. The Morgan fingerprint density at radius 1 is 1.00 bits per heavy atom. The van der Waals surface area contributed by atoms with Crippen LogP contribution in [0.3, 0.4) is 0 Å². The van der Waals surface area contributed by atoms with Crippen LogP contribution >= 0.6 is 0 Å². The second-order valence-electron chi connectivity index (χ2n) is 7.44. The number of nitrogens with zero attached hydrogens (tertiary/aromatic N) is 1. The van der Waals surface area contributed by atoms with Crippen molar-refractivity contribution in [3.8, 4) is 0 Å². The van der Waals surface area contributed by atoms with Gasteiger partial charge in [0, 0.05) is 30.9 Å². The number of nitrogens with one attached hydrogen (secondary N) is 1. The molecular weight excluding hydrogens is 300 g/mol. The Morgan fingerprint density at radius 2 is 1.71 bits per heavy atom. The van der Waals surface area contributed by atoms with E-state index < -0.39 is 0 Å². The van der Waals surface area contributed by atoms with Gasteiger partial charge in [-0.1, -0.05) is 12.1 Å². The standard InChI is InChI=1S/C20H28N2O2/c23-20(22(18-4-5-18)19-8-12-24-13-9-19)17-3-1-2-16(14-17)15-6-10-21-11-7-15/h1-3,14-15,18-19,21H,4-13H2. The molecule has 1 aromatic carbocycles. The topological polar surface area (TPSA) is 41.6 Å². The van der Waals surface area contributed by atoms with Gasteiger partial charge in [-0.25, -0.2) is 0 Å². The quantitative estimate of drug-likeness (QED) is 0.924. The van der Waals surface area contributed by atoms with Crippen molar-refractivity contribution in [1.82, 2.24) is 10.2 Å². The second-order valence-corrected chi connectivity index (χ2v) is 7.44. The highest BCUT2D eigenvalue weighted by atomic mass is 16.5. The summed E-state index contributed by atoms with van der Waals surface area (Å²) >= 11 is 0. The largest absolute Gasteiger partial charge is 0.381 e.